The second-order valence-corrected chi connectivity index (χ2v) is 6.19. The van der Waals surface area contributed by atoms with E-state index in [0.29, 0.717) is 12.1 Å². The molecule has 0 aliphatic heterocycles. The van der Waals surface area contributed by atoms with Gasteiger partial charge in [0.1, 0.15) is 0 Å². The first-order valence-electron chi connectivity index (χ1n) is 6.39. The summed E-state index contributed by atoms with van der Waals surface area (Å²) in [5.74, 6) is 0.866. The number of rotatable bonds is 6. The minimum Gasteiger partial charge on any atom is -0.351 e. The predicted octanol–water partition coefficient (Wildman–Crippen LogP) is 3.93. The molecule has 20 heavy (non-hydrogen) atoms. The lowest BCUT2D eigenvalue weighted by molar-refractivity contribution is 0.0956. The fourth-order valence-corrected chi connectivity index (χ4v) is 2.89. The normalized spacial score (nSPS) is 10.2. The second-order valence-electron chi connectivity index (χ2n) is 4.15. The molecule has 0 fully saturated rings. The molecule has 2 nitrogen and oxygen atoms in total. The minimum atomic E-state index is -0.00804. The first kappa shape index (κ1) is 15.0. The van der Waals surface area contributed by atoms with Crippen molar-refractivity contribution in [1.29, 1.82) is 0 Å². The summed E-state index contributed by atoms with van der Waals surface area (Å²) in [4.78, 5) is 14.3. The van der Waals surface area contributed by atoms with E-state index in [1.165, 1.54) is 9.79 Å². The molecule has 0 bridgehead atoms. The summed E-state index contributed by atoms with van der Waals surface area (Å²) in [6.45, 7) is 0.669. The summed E-state index contributed by atoms with van der Waals surface area (Å²) in [7, 11) is 0. The van der Waals surface area contributed by atoms with Crippen molar-refractivity contribution < 1.29 is 4.79 Å². The van der Waals surface area contributed by atoms with E-state index in [9.17, 15) is 4.79 Å². The van der Waals surface area contributed by atoms with Crippen molar-refractivity contribution in [3.8, 4) is 0 Å². The van der Waals surface area contributed by atoms with Gasteiger partial charge in [0, 0.05) is 27.7 Å². The van der Waals surface area contributed by atoms with E-state index < -0.39 is 0 Å². The highest BCUT2D eigenvalue weighted by Gasteiger charge is 2.04. The van der Waals surface area contributed by atoms with Crippen LogP contribution in [0.4, 0.5) is 0 Å². The van der Waals surface area contributed by atoms with Gasteiger partial charge in [-0.3, -0.25) is 4.79 Å². The molecule has 4 heteroatoms. The molecule has 0 atom stereocenters. The molecule has 0 saturated carbocycles. The molecule has 104 valence electrons. The molecule has 0 unspecified atom stereocenters. The molecule has 0 heterocycles. The van der Waals surface area contributed by atoms with Gasteiger partial charge in [-0.15, -0.1) is 23.5 Å². The maximum Gasteiger partial charge on any atom is 0.251 e. The van der Waals surface area contributed by atoms with E-state index in [2.05, 4.69) is 17.4 Å². The number of benzene rings is 2. The van der Waals surface area contributed by atoms with E-state index >= 15 is 0 Å². The number of amides is 1. The predicted molar refractivity (Wildman–Crippen MR) is 87.7 cm³/mol. The maximum atomic E-state index is 11.9. The Kier molecular flexibility index (Phi) is 6.02. The van der Waals surface area contributed by atoms with Gasteiger partial charge in [0.25, 0.3) is 5.91 Å². The summed E-state index contributed by atoms with van der Waals surface area (Å²) in [6.07, 6.45) is 2.02. The average Bonchev–Trinajstić information content (AvgIpc) is 2.52. The van der Waals surface area contributed by atoms with E-state index in [1.807, 2.05) is 48.7 Å². The lowest BCUT2D eigenvalue weighted by atomic mass is 10.2. The van der Waals surface area contributed by atoms with E-state index in [-0.39, 0.29) is 5.91 Å². The fourth-order valence-electron chi connectivity index (χ4n) is 1.69. The Morgan fingerprint density at radius 1 is 1.00 bits per heavy atom. The first-order valence-corrected chi connectivity index (χ1v) is 8.61. The molecule has 0 spiro atoms. The number of thioether (sulfide) groups is 2. The van der Waals surface area contributed by atoms with Gasteiger partial charge >= 0.3 is 0 Å². The molecule has 0 aliphatic carbocycles. The van der Waals surface area contributed by atoms with Gasteiger partial charge in [-0.25, -0.2) is 0 Å². The van der Waals surface area contributed by atoms with E-state index in [4.69, 9.17) is 0 Å². The van der Waals surface area contributed by atoms with Crippen LogP contribution < -0.4 is 5.32 Å². The van der Waals surface area contributed by atoms with Gasteiger partial charge in [-0.1, -0.05) is 18.2 Å². The molecule has 0 radical (unpaired) electrons. The number of carbonyl (C=O) groups excluding carboxylic acids is 1. The molecule has 1 amide bonds. The third-order valence-electron chi connectivity index (χ3n) is 2.75. The molecule has 2 rings (SSSR count). The van der Waals surface area contributed by atoms with E-state index in [1.54, 1.807) is 23.5 Å². The summed E-state index contributed by atoms with van der Waals surface area (Å²) in [6, 6.07) is 17.9. The Bertz CT molecular complexity index is 540. The van der Waals surface area contributed by atoms with Gasteiger partial charge in [0.15, 0.2) is 0 Å². The highest BCUT2D eigenvalue weighted by molar-refractivity contribution is 7.99. The van der Waals surface area contributed by atoms with Crippen molar-refractivity contribution in [2.45, 2.75) is 9.79 Å². The standard InChI is InChI=1S/C16H17NOS2/c1-19-14-9-7-13(8-10-14)16(18)17-11-12-20-15-5-3-2-4-6-15/h2-10H,11-12H2,1H3,(H,17,18). The van der Waals surface area contributed by atoms with Crippen molar-refractivity contribution in [2.75, 3.05) is 18.6 Å². The zero-order valence-corrected chi connectivity index (χ0v) is 13.0. The Morgan fingerprint density at radius 3 is 2.35 bits per heavy atom. The molecule has 2 aromatic rings. The van der Waals surface area contributed by atoms with Gasteiger partial charge in [-0.2, -0.15) is 0 Å². The summed E-state index contributed by atoms with van der Waals surface area (Å²) in [5, 5.41) is 2.94. The lowest BCUT2D eigenvalue weighted by Crippen LogP contribution is -2.25. The Morgan fingerprint density at radius 2 is 1.70 bits per heavy atom. The highest BCUT2D eigenvalue weighted by atomic mass is 32.2. The van der Waals surface area contributed by atoms with Crippen LogP contribution in [-0.4, -0.2) is 24.5 Å². The van der Waals surface area contributed by atoms with Crippen molar-refractivity contribution in [2.24, 2.45) is 0 Å². The van der Waals surface area contributed by atoms with Crippen LogP contribution in [-0.2, 0) is 0 Å². The lowest BCUT2D eigenvalue weighted by Gasteiger charge is -2.06. The topological polar surface area (TPSA) is 29.1 Å². The molecular weight excluding hydrogens is 286 g/mol. The molecular formula is C16H17NOS2. The summed E-state index contributed by atoms with van der Waals surface area (Å²) < 4.78 is 0. The largest absolute Gasteiger partial charge is 0.351 e. The van der Waals surface area contributed by atoms with Crippen molar-refractivity contribution >= 4 is 29.4 Å². The Balaban J connectivity index is 1.74. The van der Waals surface area contributed by atoms with Crippen LogP contribution in [0.2, 0.25) is 0 Å². The zero-order valence-electron chi connectivity index (χ0n) is 11.3. The zero-order chi connectivity index (χ0) is 14.2. The minimum absolute atomic E-state index is 0.00804. The third-order valence-corrected chi connectivity index (χ3v) is 4.51. The highest BCUT2D eigenvalue weighted by Crippen LogP contribution is 2.16. The van der Waals surface area contributed by atoms with Crippen LogP contribution in [0, 0.1) is 0 Å². The van der Waals surface area contributed by atoms with Crippen LogP contribution in [0.5, 0.6) is 0 Å². The van der Waals surface area contributed by atoms with Gasteiger partial charge in [0.05, 0.1) is 0 Å². The van der Waals surface area contributed by atoms with Gasteiger partial charge < -0.3 is 5.32 Å². The van der Waals surface area contributed by atoms with Crippen molar-refractivity contribution in [3.05, 3.63) is 60.2 Å². The second kappa shape index (κ2) is 8.02. The molecule has 2 aromatic carbocycles. The number of carbonyl (C=O) groups is 1. The van der Waals surface area contributed by atoms with Crippen LogP contribution in [0.3, 0.4) is 0 Å². The average molecular weight is 303 g/mol. The first-order chi connectivity index (χ1) is 9.79. The Hall–Kier alpha value is -1.39. The van der Waals surface area contributed by atoms with Crippen molar-refractivity contribution in [1.82, 2.24) is 5.32 Å². The molecule has 0 saturated heterocycles. The molecule has 0 aliphatic rings. The fraction of sp³-hybridized carbons (Fsp3) is 0.188. The number of hydrogen-bond donors (Lipinski definition) is 1. The maximum absolute atomic E-state index is 11.9. The summed E-state index contributed by atoms with van der Waals surface area (Å²) in [5.41, 5.74) is 0.715. The summed E-state index contributed by atoms with van der Waals surface area (Å²) >= 11 is 3.42. The Labute approximate surface area is 128 Å². The quantitative estimate of drug-likeness (QED) is 0.647. The number of hydrogen-bond acceptors (Lipinski definition) is 3. The molecule has 1 N–H and O–H groups in total. The van der Waals surface area contributed by atoms with Crippen LogP contribution in [0.1, 0.15) is 10.4 Å². The monoisotopic (exact) mass is 303 g/mol. The van der Waals surface area contributed by atoms with Crippen LogP contribution in [0.25, 0.3) is 0 Å². The van der Waals surface area contributed by atoms with Crippen LogP contribution in [0.15, 0.2) is 64.4 Å². The third kappa shape index (κ3) is 4.62. The van der Waals surface area contributed by atoms with Gasteiger partial charge in [-0.05, 0) is 42.7 Å². The van der Waals surface area contributed by atoms with Gasteiger partial charge in [0.2, 0.25) is 0 Å². The van der Waals surface area contributed by atoms with Crippen LogP contribution >= 0.6 is 23.5 Å². The number of nitrogens with one attached hydrogen (secondary N) is 1. The molecule has 0 aromatic heterocycles. The van der Waals surface area contributed by atoms with Crippen molar-refractivity contribution in [3.63, 3.8) is 0 Å². The SMILES string of the molecule is CSc1ccc(C(=O)NCCSc2ccccc2)cc1. The smallest absolute Gasteiger partial charge is 0.251 e. The van der Waals surface area contributed by atoms with E-state index in [0.717, 1.165) is 5.75 Å².